The molecule has 1 saturated heterocycles. The first-order valence-electron chi connectivity index (χ1n) is 7.46. The number of aliphatic carboxylic acids is 1. The molecule has 0 saturated carbocycles. The lowest BCUT2D eigenvalue weighted by Gasteiger charge is -2.37. The fraction of sp³-hybridized carbons (Fsp3) is 0.867. The van der Waals surface area contributed by atoms with E-state index in [9.17, 15) is 14.7 Å². The van der Waals surface area contributed by atoms with Crippen molar-refractivity contribution in [2.24, 2.45) is 5.41 Å². The van der Waals surface area contributed by atoms with Gasteiger partial charge in [-0.2, -0.15) is 0 Å². The first-order chi connectivity index (χ1) is 9.15. The maximum absolute atomic E-state index is 12.4. The summed E-state index contributed by atoms with van der Waals surface area (Å²) >= 11 is 0. The van der Waals surface area contributed by atoms with E-state index in [2.05, 4.69) is 26.1 Å². The van der Waals surface area contributed by atoms with E-state index < -0.39 is 11.5 Å². The molecule has 0 aromatic carbocycles. The van der Waals surface area contributed by atoms with Crippen LogP contribution < -0.4 is 5.32 Å². The second-order valence-corrected chi connectivity index (χ2v) is 6.88. The molecular weight excluding hydrogens is 256 g/mol. The molecule has 1 heterocycles. The van der Waals surface area contributed by atoms with Gasteiger partial charge in [-0.05, 0) is 31.6 Å². The lowest BCUT2D eigenvalue weighted by atomic mass is 9.88. The zero-order valence-electron chi connectivity index (χ0n) is 13.3. The molecule has 0 radical (unpaired) electrons. The van der Waals surface area contributed by atoms with E-state index in [1.807, 2.05) is 13.8 Å². The van der Waals surface area contributed by atoms with Crippen LogP contribution in [0.1, 0.15) is 60.3 Å². The highest BCUT2D eigenvalue weighted by Crippen LogP contribution is 2.34. The first kappa shape index (κ1) is 16.8. The Morgan fingerprint density at radius 3 is 2.45 bits per heavy atom. The number of hydrogen-bond acceptors (Lipinski definition) is 2. The normalized spacial score (nSPS) is 24.6. The Morgan fingerprint density at radius 1 is 1.40 bits per heavy atom. The number of urea groups is 1. The molecule has 0 spiro atoms. The highest BCUT2D eigenvalue weighted by Gasteiger charge is 2.49. The monoisotopic (exact) mass is 284 g/mol. The predicted molar refractivity (Wildman–Crippen MR) is 78.7 cm³/mol. The van der Waals surface area contributed by atoms with Crippen LogP contribution in [0.3, 0.4) is 0 Å². The van der Waals surface area contributed by atoms with Crippen molar-refractivity contribution >= 4 is 12.0 Å². The summed E-state index contributed by atoms with van der Waals surface area (Å²) in [6.07, 6.45) is 2.57. The topological polar surface area (TPSA) is 69.6 Å². The SMILES string of the molecule is CCCC1(C(=O)O)CCCN1C(=O)NC(C)C(C)(C)C. The van der Waals surface area contributed by atoms with Gasteiger partial charge in [-0.15, -0.1) is 0 Å². The Balaban J connectivity index is 2.88. The van der Waals surface area contributed by atoms with Gasteiger partial charge in [-0.1, -0.05) is 34.1 Å². The maximum atomic E-state index is 12.4. The molecule has 0 aromatic heterocycles. The van der Waals surface area contributed by atoms with Gasteiger partial charge in [0.2, 0.25) is 0 Å². The van der Waals surface area contributed by atoms with Crippen LogP contribution in [-0.2, 0) is 4.79 Å². The number of amides is 2. The molecule has 2 unspecified atom stereocenters. The zero-order chi connectivity index (χ0) is 15.6. The van der Waals surface area contributed by atoms with Crippen molar-refractivity contribution < 1.29 is 14.7 Å². The lowest BCUT2D eigenvalue weighted by Crippen LogP contribution is -2.58. The molecule has 0 bridgehead atoms. The van der Waals surface area contributed by atoms with Gasteiger partial charge in [0.05, 0.1) is 0 Å². The van der Waals surface area contributed by atoms with Crippen molar-refractivity contribution in [1.29, 1.82) is 0 Å². The van der Waals surface area contributed by atoms with Crippen molar-refractivity contribution in [1.82, 2.24) is 10.2 Å². The molecule has 1 rings (SSSR count). The van der Waals surface area contributed by atoms with Gasteiger partial charge >= 0.3 is 12.0 Å². The predicted octanol–water partition coefficient (Wildman–Crippen LogP) is 2.85. The number of nitrogens with zero attached hydrogens (tertiary/aromatic N) is 1. The summed E-state index contributed by atoms with van der Waals surface area (Å²) in [5.74, 6) is -0.879. The summed E-state index contributed by atoms with van der Waals surface area (Å²) < 4.78 is 0. The second kappa shape index (κ2) is 6.02. The molecule has 1 aliphatic rings. The van der Waals surface area contributed by atoms with Gasteiger partial charge in [0.1, 0.15) is 5.54 Å². The number of rotatable bonds is 4. The maximum Gasteiger partial charge on any atom is 0.329 e. The third kappa shape index (κ3) is 3.25. The third-order valence-electron chi connectivity index (χ3n) is 4.43. The summed E-state index contributed by atoms with van der Waals surface area (Å²) in [5, 5.41) is 12.5. The zero-order valence-corrected chi connectivity index (χ0v) is 13.3. The highest BCUT2D eigenvalue weighted by molar-refractivity contribution is 5.87. The molecule has 2 amide bonds. The van der Waals surface area contributed by atoms with Crippen molar-refractivity contribution in [2.45, 2.75) is 71.9 Å². The molecule has 5 heteroatoms. The molecule has 20 heavy (non-hydrogen) atoms. The van der Waals surface area contributed by atoms with E-state index in [0.29, 0.717) is 19.4 Å². The van der Waals surface area contributed by atoms with Gasteiger partial charge in [-0.25, -0.2) is 9.59 Å². The molecule has 0 aromatic rings. The second-order valence-electron chi connectivity index (χ2n) is 6.88. The molecule has 5 nitrogen and oxygen atoms in total. The van der Waals surface area contributed by atoms with Crippen LogP contribution in [0.4, 0.5) is 4.79 Å². The van der Waals surface area contributed by atoms with Crippen molar-refractivity contribution in [2.75, 3.05) is 6.54 Å². The average molecular weight is 284 g/mol. The average Bonchev–Trinajstić information content (AvgIpc) is 2.73. The van der Waals surface area contributed by atoms with E-state index in [0.717, 1.165) is 12.8 Å². The van der Waals surface area contributed by atoms with Crippen molar-refractivity contribution in [3.63, 3.8) is 0 Å². The van der Waals surface area contributed by atoms with Crippen molar-refractivity contribution in [3.05, 3.63) is 0 Å². The molecule has 2 N–H and O–H groups in total. The molecular formula is C15H28N2O3. The Kier molecular flexibility index (Phi) is 5.05. The Hall–Kier alpha value is -1.26. The minimum Gasteiger partial charge on any atom is -0.479 e. The van der Waals surface area contributed by atoms with E-state index >= 15 is 0 Å². The largest absolute Gasteiger partial charge is 0.479 e. The van der Waals surface area contributed by atoms with Crippen LogP contribution in [0.15, 0.2) is 0 Å². The minimum absolute atomic E-state index is 0.0104. The van der Waals surface area contributed by atoms with Crippen LogP contribution in [0, 0.1) is 5.41 Å². The van der Waals surface area contributed by atoms with Crippen LogP contribution in [0.2, 0.25) is 0 Å². The van der Waals surface area contributed by atoms with Crippen LogP contribution >= 0.6 is 0 Å². The fourth-order valence-electron chi connectivity index (χ4n) is 2.66. The van der Waals surface area contributed by atoms with E-state index in [1.54, 1.807) is 0 Å². The molecule has 0 aliphatic carbocycles. The number of carboxylic acids is 1. The van der Waals surface area contributed by atoms with Gasteiger partial charge in [0, 0.05) is 12.6 Å². The summed E-state index contributed by atoms with van der Waals surface area (Å²) in [6, 6.07) is -0.260. The van der Waals surface area contributed by atoms with E-state index in [4.69, 9.17) is 0 Å². The Labute approximate surface area is 121 Å². The number of likely N-dealkylation sites (tertiary alicyclic amines) is 1. The number of carboxylic acid groups (broad SMARTS) is 1. The third-order valence-corrected chi connectivity index (χ3v) is 4.43. The van der Waals surface area contributed by atoms with Gasteiger partial charge < -0.3 is 15.3 Å². The van der Waals surface area contributed by atoms with Crippen molar-refractivity contribution in [3.8, 4) is 0 Å². The van der Waals surface area contributed by atoms with Crippen LogP contribution in [0.5, 0.6) is 0 Å². The summed E-state index contributed by atoms with van der Waals surface area (Å²) in [5.41, 5.74) is -1.07. The van der Waals surface area contributed by atoms with E-state index in [1.165, 1.54) is 4.90 Å². The standard InChI is InChI=1S/C15H28N2O3/c1-6-8-15(12(18)19)9-7-10-17(15)13(20)16-11(2)14(3,4)5/h11H,6-10H2,1-5H3,(H,16,20)(H,18,19). The summed E-state index contributed by atoms with van der Waals surface area (Å²) in [6.45, 7) is 10.6. The van der Waals surface area contributed by atoms with Gasteiger partial charge in [-0.3, -0.25) is 0 Å². The molecule has 116 valence electrons. The minimum atomic E-state index is -1.02. The van der Waals surface area contributed by atoms with Crippen LogP contribution in [-0.4, -0.2) is 40.1 Å². The molecule has 1 aliphatic heterocycles. The Morgan fingerprint density at radius 2 is 2.00 bits per heavy atom. The summed E-state index contributed by atoms with van der Waals surface area (Å²) in [7, 11) is 0. The quantitative estimate of drug-likeness (QED) is 0.834. The molecule has 2 atom stereocenters. The number of carbonyl (C=O) groups is 2. The van der Waals surface area contributed by atoms with Gasteiger partial charge in [0.25, 0.3) is 0 Å². The van der Waals surface area contributed by atoms with Gasteiger partial charge in [0.15, 0.2) is 0 Å². The number of carbonyl (C=O) groups excluding carboxylic acids is 1. The Bertz CT molecular complexity index is 376. The number of nitrogens with one attached hydrogen (secondary N) is 1. The first-order valence-corrected chi connectivity index (χ1v) is 7.46. The lowest BCUT2D eigenvalue weighted by molar-refractivity contribution is -0.148. The smallest absolute Gasteiger partial charge is 0.329 e. The van der Waals surface area contributed by atoms with E-state index in [-0.39, 0.29) is 17.5 Å². The summed E-state index contributed by atoms with van der Waals surface area (Å²) in [4.78, 5) is 25.7. The molecule has 1 fully saturated rings. The number of hydrogen-bond donors (Lipinski definition) is 2. The fourth-order valence-corrected chi connectivity index (χ4v) is 2.66. The van der Waals surface area contributed by atoms with Crippen LogP contribution in [0.25, 0.3) is 0 Å². The highest BCUT2D eigenvalue weighted by atomic mass is 16.4.